The van der Waals surface area contributed by atoms with Crippen LogP contribution in [0.1, 0.15) is 31.8 Å². The van der Waals surface area contributed by atoms with Gasteiger partial charge in [0.1, 0.15) is 5.82 Å². The molecular formula is C22H18ClFN2O2. The van der Waals surface area contributed by atoms with Gasteiger partial charge in [-0.3, -0.25) is 9.59 Å². The first-order valence-corrected chi connectivity index (χ1v) is 9.00. The van der Waals surface area contributed by atoms with Crippen molar-refractivity contribution in [3.63, 3.8) is 0 Å². The van der Waals surface area contributed by atoms with E-state index < -0.39 is 0 Å². The number of anilines is 1. The molecule has 0 aromatic heterocycles. The van der Waals surface area contributed by atoms with Crippen molar-refractivity contribution >= 4 is 29.1 Å². The summed E-state index contributed by atoms with van der Waals surface area (Å²) in [6.07, 6.45) is 0. The van der Waals surface area contributed by atoms with Crippen LogP contribution in [0.4, 0.5) is 10.1 Å². The van der Waals surface area contributed by atoms with Crippen LogP contribution in [0.2, 0.25) is 5.02 Å². The monoisotopic (exact) mass is 396 g/mol. The number of benzene rings is 3. The van der Waals surface area contributed by atoms with Crippen LogP contribution in [0.3, 0.4) is 0 Å². The van der Waals surface area contributed by atoms with E-state index in [9.17, 15) is 14.0 Å². The van der Waals surface area contributed by atoms with Gasteiger partial charge in [0.05, 0.1) is 0 Å². The smallest absolute Gasteiger partial charge is 0.255 e. The molecule has 0 radical (unpaired) electrons. The largest absolute Gasteiger partial charge is 0.348 e. The van der Waals surface area contributed by atoms with E-state index in [0.29, 0.717) is 21.8 Å². The van der Waals surface area contributed by atoms with E-state index in [-0.39, 0.29) is 24.2 Å². The van der Waals surface area contributed by atoms with Crippen LogP contribution in [0.15, 0.2) is 66.7 Å². The molecule has 0 fully saturated rings. The SMILES string of the molecule is Cc1ccc(NC(=O)c2ccc(C(=O)NCc3ccc(F)cc3)cc2)cc1Cl. The standard InChI is InChI=1S/C22H18ClFN2O2/c1-14-2-11-19(12-20(14)23)26-22(28)17-7-5-16(6-8-17)21(27)25-13-15-3-9-18(24)10-4-15/h2-12H,13H2,1H3,(H,25,27)(H,26,28). The van der Waals surface area contributed by atoms with Gasteiger partial charge in [-0.05, 0) is 66.6 Å². The highest BCUT2D eigenvalue weighted by atomic mass is 35.5. The molecule has 0 aliphatic heterocycles. The molecule has 0 saturated heterocycles. The van der Waals surface area contributed by atoms with Gasteiger partial charge >= 0.3 is 0 Å². The Morgan fingerprint density at radius 1 is 0.893 bits per heavy atom. The second-order valence-electron chi connectivity index (χ2n) is 6.30. The number of hydrogen-bond donors (Lipinski definition) is 2. The van der Waals surface area contributed by atoms with Gasteiger partial charge in [0.25, 0.3) is 11.8 Å². The minimum absolute atomic E-state index is 0.276. The number of halogens is 2. The third kappa shape index (κ3) is 4.96. The number of nitrogens with one attached hydrogen (secondary N) is 2. The summed E-state index contributed by atoms with van der Waals surface area (Å²) in [4.78, 5) is 24.6. The third-order valence-corrected chi connectivity index (χ3v) is 4.61. The highest BCUT2D eigenvalue weighted by Crippen LogP contribution is 2.20. The van der Waals surface area contributed by atoms with Gasteiger partial charge in [0, 0.05) is 28.4 Å². The number of hydrogen-bond acceptors (Lipinski definition) is 2. The molecule has 3 aromatic carbocycles. The van der Waals surface area contributed by atoms with Gasteiger partial charge in [0.15, 0.2) is 0 Å². The normalized spacial score (nSPS) is 10.4. The zero-order valence-electron chi connectivity index (χ0n) is 15.1. The molecular weight excluding hydrogens is 379 g/mol. The minimum atomic E-state index is -0.322. The van der Waals surface area contributed by atoms with Crippen molar-refractivity contribution in [1.82, 2.24) is 5.32 Å². The van der Waals surface area contributed by atoms with Crippen molar-refractivity contribution < 1.29 is 14.0 Å². The van der Waals surface area contributed by atoms with E-state index in [1.54, 1.807) is 48.5 Å². The summed E-state index contributed by atoms with van der Waals surface area (Å²) in [6.45, 7) is 2.17. The van der Waals surface area contributed by atoms with E-state index in [1.807, 2.05) is 13.0 Å². The number of aryl methyl sites for hydroxylation is 1. The Labute approximate surface area is 167 Å². The first-order chi connectivity index (χ1) is 13.4. The molecule has 2 amide bonds. The van der Waals surface area contributed by atoms with Crippen LogP contribution in [-0.2, 0) is 6.54 Å². The molecule has 0 aliphatic carbocycles. The number of carbonyl (C=O) groups is 2. The molecule has 4 nitrogen and oxygen atoms in total. The lowest BCUT2D eigenvalue weighted by Gasteiger charge is -2.08. The number of rotatable bonds is 5. The summed E-state index contributed by atoms with van der Waals surface area (Å²) in [5, 5.41) is 6.10. The summed E-state index contributed by atoms with van der Waals surface area (Å²) < 4.78 is 12.9. The molecule has 0 atom stereocenters. The summed E-state index contributed by atoms with van der Waals surface area (Å²) in [5.74, 6) is -0.892. The second kappa shape index (κ2) is 8.67. The Morgan fingerprint density at radius 2 is 1.50 bits per heavy atom. The molecule has 6 heteroatoms. The maximum Gasteiger partial charge on any atom is 0.255 e. The van der Waals surface area contributed by atoms with Gasteiger partial charge in [-0.2, -0.15) is 0 Å². The lowest BCUT2D eigenvalue weighted by atomic mass is 10.1. The Bertz CT molecular complexity index is 1000. The maximum absolute atomic E-state index is 12.9. The molecule has 3 aromatic rings. The van der Waals surface area contributed by atoms with E-state index in [0.717, 1.165) is 11.1 Å². The Balaban J connectivity index is 1.60. The highest BCUT2D eigenvalue weighted by Gasteiger charge is 2.10. The van der Waals surface area contributed by atoms with Crippen LogP contribution >= 0.6 is 11.6 Å². The molecule has 3 rings (SSSR count). The Kier molecular flexibility index (Phi) is 6.06. The third-order valence-electron chi connectivity index (χ3n) is 4.21. The first-order valence-electron chi connectivity index (χ1n) is 8.62. The predicted molar refractivity (Wildman–Crippen MR) is 108 cm³/mol. The summed E-state index contributed by atoms with van der Waals surface area (Å²) >= 11 is 6.07. The van der Waals surface area contributed by atoms with Crippen LogP contribution in [0.5, 0.6) is 0 Å². The molecule has 0 spiro atoms. The summed E-state index contributed by atoms with van der Waals surface area (Å²) in [6, 6.07) is 17.5. The zero-order chi connectivity index (χ0) is 20.1. The van der Waals surface area contributed by atoms with E-state index >= 15 is 0 Å². The fourth-order valence-corrected chi connectivity index (χ4v) is 2.71. The van der Waals surface area contributed by atoms with Gasteiger partial charge in [-0.15, -0.1) is 0 Å². The minimum Gasteiger partial charge on any atom is -0.348 e. The average molecular weight is 397 g/mol. The molecule has 2 N–H and O–H groups in total. The van der Waals surface area contributed by atoms with Gasteiger partial charge in [-0.1, -0.05) is 29.8 Å². The van der Waals surface area contributed by atoms with Crippen molar-refractivity contribution in [1.29, 1.82) is 0 Å². The average Bonchev–Trinajstić information content (AvgIpc) is 2.70. The van der Waals surface area contributed by atoms with Crippen molar-refractivity contribution in [3.8, 4) is 0 Å². The quantitative estimate of drug-likeness (QED) is 0.639. The lowest BCUT2D eigenvalue weighted by Crippen LogP contribution is -2.23. The molecule has 0 heterocycles. The van der Waals surface area contributed by atoms with Crippen molar-refractivity contribution in [2.24, 2.45) is 0 Å². The van der Waals surface area contributed by atoms with Crippen LogP contribution in [-0.4, -0.2) is 11.8 Å². The number of carbonyl (C=O) groups excluding carboxylic acids is 2. The molecule has 0 bridgehead atoms. The first kappa shape index (κ1) is 19.6. The van der Waals surface area contributed by atoms with Crippen molar-refractivity contribution in [2.45, 2.75) is 13.5 Å². The van der Waals surface area contributed by atoms with Crippen LogP contribution < -0.4 is 10.6 Å². The summed E-state index contributed by atoms with van der Waals surface area (Å²) in [7, 11) is 0. The Hall–Kier alpha value is -3.18. The zero-order valence-corrected chi connectivity index (χ0v) is 15.9. The molecule has 142 valence electrons. The van der Waals surface area contributed by atoms with E-state index in [2.05, 4.69) is 10.6 Å². The van der Waals surface area contributed by atoms with Crippen molar-refractivity contribution in [3.05, 3.63) is 99.8 Å². The van der Waals surface area contributed by atoms with Crippen molar-refractivity contribution in [2.75, 3.05) is 5.32 Å². The number of amides is 2. The van der Waals surface area contributed by atoms with Gasteiger partial charge < -0.3 is 10.6 Å². The highest BCUT2D eigenvalue weighted by molar-refractivity contribution is 6.31. The molecule has 0 aliphatic rings. The molecule has 28 heavy (non-hydrogen) atoms. The topological polar surface area (TPSA) is 58.2 Å². The predicted octanol–water partition coefficient (Wildman–Crippen LogP) is 4.97. The fraction of sp³-hybridized carbons (Fsp3) is 0.0909. The second-order valence-corrected chi connectivity index (χ2v) is 6.71. The van der Waals surface area contributed by atoms with Gasteiger partial charge in [0.2, 0.25) is 0 Å². The molecule has 0 saturated carbocycles. The van der Waals surface area contributed by atoms with Crippen LogP contribution in [0, 0.1) is 12.7 Å². The fourth-order valence-electron chi connectivity index (χ4n) is 2.53. The maximum atomic E-state index is 12.9. The summed E-state index contributed by atoms with van der Waals surface area (Å²) in [5.41, 5.74) is 3.17. The molecule has 0 unspecified atom stereocenters. The van der Waals surface area contributed by atoms with E-state index in [1.165, 1.54) is 12.1 Å². The Morgan fingerprint density at radius 3 is 2.11 bits per heavy atom. The van der Waals surface area contributed by atoms with E-state index in [4.69, 9.17) is 11.6 Å². The lowest BCUT2D eigenvalue weighted by molar-refractivity contribution is 0.0949. The van der Waals surface area contributed by atoms with Gasteiger partial charge in [-0.25, -0.2) is 4.39 Å². The van der Waals surface area contributed by atoms with Crippen LogP contribution in [0.25, 0.3) is 0 Å².